The van der Waals surface area contributed by atoms with E-state index in [0.717, 1.165) is 47.3 Å². The van der Waals surface area contributed by atoms with Gasteiger partial charge in [0.25, 0.3) is 0 Å². The molecular formula is C22H22ClN7O. The minimum absolute atomic E-state index is 0.342. The van der Waals surface area contributed by atoms with E-state index in [9.17, 15) is 0 Å². The molecule has 2 aromatic carbocycles. The van der Waals surface area contributed by atoms with E-state index in [-0.39, 0.29) is 0 Å². The molecule has 2 N–H and O–H groups in total. The van der Waals surface area contributed by atoms with Crippen LogP contribution in [-0.2, 0) is 13.0 Å². The fraction of sp³-hybridized carbons (Fsp3) is 0.227. The van der Waals surface area contributed by atoms with Crippen LogP contribution in [0.3, 0.4) is 0 Å². The second-order valence-electron chi connectivity index (χ2n) is 7.12. The van der Waals surface area contributed by atoms with Gasteiger partial charge in [0.1, 0.15) is 11.5 Å². The van der Waals surface area contributed by atoms with Gasteiger partial charge in [0.15, 0.2) is 5.15 Å². The van der Waals surface area contributed by atoms with Gasteiger partial charge in [-0.1, -0.05) is 78.6 Å². The Morgan fingerprint density at radius 2 is 1.90 bits per heavy atom. The van der Waals surface area contributed by atoms with Crippen LogP contribution in [0.4, 0.5) is 0 Å². The number of nitrogens with zero attached hydrogens (tertiary/aromatic N) is 6. The Balaban J connectivity index is 1.64. The molecule has 0 saturated heterocycles. The molecule has 4 aromatic rings. The quantitative estimate of drug-likeness (QED) is 0.239. The molecule has 0 aliphatic carbocycles. The van der Waals surface area contributed by atoms with E-state index >= 15 is 0 Å². The average Bonchev–Trinajstić information content (AvgIpc) is 3.43. The molecule has 9 heteroatoms. The molecule has 0 aliphatic heterocycles. The number of unbranched alkanes of at least 4 members (excludes halogenated alkanes) is 1. The number of imidazole rings is 1. The number of nitrogens with one attached hydrogen (secondary N) is 1. The fourth-order valence-corrected chi connectivity index (χ4v) is 3.79. The van der Waals surface area contributed by atoms with Crippen LogP contribution in [0, 0.1) is 0 Å². The van der Waals surface area contributed by atoms with E-state index in [0.29, 0.717) is 23.2 Å². The maximum atomic E-state index is 9.04. The summed E-state index contributed by atoms with van der Waals surface area (Å²) in [5, 5.41) is 26.9. The normalized spacial score (nSPS) is 11.4. The summed E-state index contributed by atoms with van der Waals surface area (Å²) >= 11 is 6.29. The van der Waals surface area contributed by atoms with Crippen molar-refractivity contribution in [1.29, 1.82) is 0 Å². The van der Waals surface area contributed by atoms with Gasteiger partial charge in [0, 0.05) is 18.5 Å². The molecule has 0 atom stereocenters. The van der Waals surface area contributed by atoms with Crippen molar-refractivity contribution < 1.29 is 5.21 Å². The number of halogens is 1. The number of aromatic nitrogens is 6. The van der Waals surface area contributed by atoms with Gasteiger partial charge in [0.05, 0.1) is 6.21 Å². The van der Waals surface area contributed by atoms with Crippen LogP contribution in [0.25, 0.3) is 22.5 Å². The van der Waals surface area contributed by atoms with Crippen molar-refractivity contribution in [2.45, 2.75) is 32.7 Å². The highest BCUT2D eigenvalue weighted by Gasteiger charge is 2.15. The van der Waals surface area contributed by atoms with Crippen LogP contribution in [0.5, 0.6) is 0 Å². The summed E-state index contributed by atoms with van der Waals surface area (Å²) in [6.07, 6.45) is 4.21. The summed E-state index contributed by atoms with van der Waals surface area (Å²) in [6, 6.07) is 16.2. The van der Waals surface area contributed by atoms with Gasteiger partial charge in [-0.25, -0.2) is 4.98 Å². The Morgan fingerprint density at radius 3 is 2.58 bits per heavy atom. The Bertz CT molecular complexity index is 1170. The zero-order chi connectivity index (χ0) is 21.6. The minimum Gasteiger partial charge on any atom is -0.411 e. The van der Waals surface area contributed by atoms with Gasteiger partial charge < -0.3 is 9.77 Å². The first-order valence-electron chi connectivity index (χ1n) is 10.1. The standard InChI is InChI=1S/C22H22ClN7O/c1-2-3-8-20-25-21(23)19(13-24-31)30(20)14-15-9-11-16(12-10-15)17-6-4-5-7-18(17)22-26-28-29-27-22/h4-7,9-13,31H,2-3,8,14H2,1H3,(H,26,27,28,29). The van der Waals surface area contributed by atoms with Gasteiger partial charge in [-0.2, -0.15) is 5.21 Å². The number of aromatic amines is 1. The number of tetrazole rings is 1. The molecule has 158 valence electrons. The molecule has 0 unspecified atom stereocenters. The minimum atomic E-state index is 0.342. The number of H-pyrrole nitrogens is 1. The van der Waals surface area contributed by atoms with Gasteiger partial charge >= 0.3 is 0 Å². The fourth-order valence-electron chi connectivity index (χ4n) is 3.54. The van der Waals surface area contributed by atoms with E-state index in [1.165, 1.54) is 6.21 Å². The SMILES string of the molecule is CCCCc1nc(Cl)c(C=NO)n1Cc1ccc(-c2ccccc2-c2nn[nH]n2)cc1. The summed E-state index contributed by atoms with van der Waals surface area (Å²) in [5.41, 5.74) is 4.67. The molecule has 0 saturated carbocycles. The summed E-state index contributed by atoms with van der Waals surface area (Å²) < 4.78 is 2.00. The van der Waals surface area contributed by atoms with Crippen molar-refractivity contribution in [3.8, 4) is 22.5 Å². The third kappa shape index (κ3) is 4.49. The van der Waals surface area contributed by atoms with E-state index in [1.54, 1.807) is 0 Å². The molecule has 0 spiro atoms. The number of aryl methyl sites for hydroxylation is 1. The topological polar surface area (TPSA) is 105 Å². The number of hydrogen-bond acceptors (Lipinski definition) is 6. The van der Waals surface area contributed by atoms with Gasteiger partial charge in [0.2, 0.25) is 5.82 Å². The maximum Gasteiger partial charge on any atom is 0.205 e. The van der Waals surface area contributed by atoms with Crippen molar-refractivity contribution in [2.75, 3.05) is 0 Å². The Morgan fingerprint density at radius 1 is 1.13 bits per heavy atom. The second-order valence-corrected chi connectivity index (χ2v) is 7.47. The van der Waals surface area contributed by atoms with Crippen molar-refractivity contribution in [3.05, 3.63) is 70.8 Å². The molecule has 2 heterocycles. The third-order valence-corrected chi connectivity index (χ3v) is 5.37. The largest absolute Gasteiger partial charge is 0.411 e. The Labute approximate surface area is 184 Å². The summed E-state index contributed by atoms with van der Waals surface area (Å²) in [5.74, 6) is 1.44. The molecule has 0 fully saturated rings. The van der Waals surface area contributed by atoms with E-state index in [1.807, 2.05) is 28.8 Å². The number of benzene rings is 2. The third-order valence-electron chi connectivity index (χ3n) is 5.09. The summed E-state index contributed by atoms with van der Waals surface area (Å²) in [4.78, 5) is 4.47. The summed E-state index contributed by atoms with van der Waals surface area (Å²) in [7, 11) is 0. The van der Waals surface area contributed by atoms with E-state index in [4.69, 9.17) is 16.8 Å². The molecule has 31 heavy (non-hydrogen) atoms. The van der Waals surface area contributed by atoms with Crippen LogP contribution >= 0.6 is 11.6 Å². The van der Waals surface area contributed by atoms with Crippen LogP contribution in [0.2, 0.25) is 5.15 Å². The van der Waals surface area contributed by atoms with E-state index in [2.05, 4.69) is 62.0 Å². The Kier molecular flexibility index (Phi) is 6.37. The van der Waals surface area contributed by atoms with Gasteiger partial charge in [-0.15, -0.1) is 10.2 Å². The van der Waals surface area contributed by atoms with Crippen molar-refractivity contribution in [1.82, 2.24) is 30.2 Å². The molecule has 0 amide bonds. The first-order valence-corrected chi connectivity index (χ1v) is 10.4. The van der Waals surface area contributed by atoms with Crippen LogP contribution in [0.1, 0.15) is 36.8 Å². The smallest absolute Gasteiger partial charge is 0.205 e. The van der Waals surface area contributed by atoms with Crippen molar-refractivity contribution in [3.63, 3.8) is 0 Å². The average molecular weight is 436 g/mol. The molecule has 0 aliphatic rings. The van der Waals surface area contributed by atoms with Crippen molar-refractivity contribution >= 4 is 17.8 Å². The predicted octanol–water partition coefficient (Wildman–Crippen LogP) is 4.58. The molecular weight excluding hydrogens is 414 g/mol. The molecule has 0 radical (unpaired) electrons. The van der Waals surface area contributed by atoms with Crippen LogP contribution in [0.15, 0.2) is 53.7 Å². The van der Waals surface area contributed by atoms with Gasteiger partial charge in [-0.3, -0.25) is 0 Å². The first-order chi connectivity index (χ1) is 15.2. The van der Waals surface area contributed by atoms with E-state index < -0.39 is 0 Å². The lowest BCUT2D eigenvalue weighted by Crippen LogP contribution is -2.09. The van der Waals surface area contributed by atoms with Crippen LogP contribution < -0.4 is 0 Å². The lowest BCUT2D eigenvalue weighted by Gasteiger charge is -2.12. The van der Waals surface area contributed by atoms with Gasteiger partial charge in [-0.05, 0) is 28.3 Å². The van der Waals surface area contributed by atoms with Crippen LogP contribution in [-0.4, -0.2) is 41.6 Å². The zero-order valence-electron chi connectivity index (χ0n) is 17.0. The molecule has 0 bridgehead atoms. The second kappa shape index (κ2) is 9.53. The number of rotatable bonds is 8. The predicted molar refractivity (Wildman–Crippen MR) is 119 cm³/mol. The first kappa shape index (κ1) is 20.7. The zero-order valence-corrected chi connectivity index (χ0v) is 17.8. The Hall–Kier alpha value is -3.52. The number of oxime groups is 1. The monoisotopic (exact) mass is 435 g/mol. The lowest BCUT2D eigenvalue weighted by atomic mass is 9.98. The lowest BCUT2D eigenvalue weighted by molar-refractivity contribution is 0.321. The summed E-state index contributed by atoms with van der Waals surface area (Å²) in [6.45, 7) is 2.71. The van der Waals surface area contributed by atoms with Crippen molar-refractivity contribution in [2.24, 2.45) is 5.16 Å². The molecule has 2 aromatic heterocycles. The highest BCUT2D eigenvalue weighted by atomic mass is 35.5. The molecule has 8 nitrogen and oxygen atoms in total. The number of hydrogen-bond donors (Lipinski definition) is 2. The molecule has 4 rings (SSSR count). The maximum absolute atomic E-state index is 9.04. The highest BCUT2D eigenvalue weighted by Crippen LogP contribution is 2.30. The highest BCUT2D eigenvalue weighted by molar-refractivity contribution is 6.31.